The van der Waals surface area contributed by atoms with Gasteiger partial charge in [0, 0.05) is 36.3 Å². The number of benzene rings is 3. The zero-order valence-electron chi connectivity index (χ0n) is 21.4. The van der Waals surface area contributed by atoms with Crippen molar-refractivity contribution in [2.45, 2.75) is 6.42 Å². The highest BCUT2D eigenvalue weighted by molar-refractivity contribution is 7.12. The number of ether oxygens (including phenoxy) is 2. The quantitative estimate of drug-likeness (QED) is 0.0868. The van der Waals surface area contributed by atoms with E-state index in [4.69, 9.17) is 9.47 Å². The molecule has 1 aliphatic heterocycles. The van der Waals surface area contributed by atoms with Crippen molar-refractivity contribution in [1.82, 2.24) is 0 Å². The molecule has 2 heterocycles. The fourth-order valence-electron chi connectivity index (χ4n) is 4.32. The van der Waals surface area contributed by atoms with Gasteiger partial charge in [0.1, 0.15) is 10.6 Å². The van der Waals surface area contributed by atoms with Crippen LogP contribution in [0, 0.1) is 16.0 Å². The van der Waals surface area contributed by atoms with Crippen LogP contribution < -0.4 is 9.64 Å². The highest BCUT2D eigenvalue weighted by Gasteiger charge is 2.36. The molecule has 1 amide bonds. The molecule has 1 aromatic heterocycles. The van der Waals surface area contributed by atoms with Crippen LogP contribution in [0.4, 0.5) is 11.4 Å². The van der Waals surface area contributed by atoms with Gasteiger partial charge in [-0.05, 0) is 71.1 Å². The average molecular weight is 571 g/mol. The Kier molecular flexibility index (Phi) is 7.97. The van der Waals surface area contributed by atoms with Gasteiger partial charge in [0.15, 0.2) is 12.4 Å². The number of esters is 2. The minimum atomic E-state index is -0.719. The summed E-state index contributed by atoms with van der Waals surface area (Å²) in [6.45, 7) is -0.366. The zero-order valence-corrected chi connectivity index (χ0v) is 22.2. The second-order valence-electron chi connectivity index (χ2n) is 9.18. The van der Waals surface area contributed by atoms with E-state index in [2.05, 4.69) is 0 Å². The summed E-state index contributed by atoms with van der Waals surface area (Å²) in [5.74, 6) is -2.25. The van der Waals surface area contributed by atoms with Crippen molar-refractivity contribution >= 4 is 46.3 Å². The van der Waals surface area contributed by atoms with E-state index >= 15 is 0 Å². The van der Waals surface area contributed by atoms with Crippen LogP contribution in [0.2, 0.25) is 0 Å². The van der Waals surface area contributed by atoms with Crippen LogP contribution in [0.1, 0.15) is 26.5 Å². The van der Waals surface area contributed by atoms with Gasteiger partial charge in [0.05, 0.1) is 10.8 Å². The first-order valence-electron chi connectivity index (χ1n) is 12.5. The van der Waals surface area contributed by atoms with Crippen molar-refractivity contribution < 1.29 is 33.6 Å². The number of non-ortho nitro benzene ring substituents is 1. The molecular weight excluding hydrogens is 548 g/mol. The van der Waals surface area contributed by atoms with Gasteiger partial charge in [0.2, 0.25) is 5.91 Å². The summed E-state index contributed by atoms with van der Waals surface area (Å²) in [7, 11) is 0. The van der Waals surface area contributed by atoms with Crippen molar-refractivity contribution in [2.24, 2.45) is 5.92 Å². The number of Topliss-reactive ketones (excluding diaryl/α,β-unsaturated/α-hetero) is 1. The van der Waals surface area contributed by atoms with Crippen LogP contribution in [0.15, 0.2) is 90.3 Å². The number of ketones is 1. The molecule has 0 unspecified atom stereocenters. The van der Waals surface area contributed by atoms with Crippen LogP contribution in [-0.4, -0.2) is 41.7 Å². The summed E-state index contributed by atoms with van der Waals surface area (Å²) in [4.78, 5) is 62.2. The SMILES string of the molecule is O=C(COC(=O)[C@@H]1CC(=O)N(c2ccc(-c3ccc([N+](=O)[O-])cc3)cc2)C1)c1ccc(OC(=O)c2cccs2)cc1. The van der Waals surface area contributed by atoms with E-state index in [1.54, 1.807) is 53.9 Å². The molecule has 0 N–H and O–H groups in total. The first kappa shape index (κ1) is 27.4. The Morgan fingerprint density at radius 2 is 1.59 bits per heavy atom. The number of hydrogen-bond donors (Lipinski definition) is 0. The van der Waals surface area contributed by atoms with E-state index in [1.165, 1.54) is 52.6 Å². The number of carbonyl (C=O) groups excluding carboxylic acids is 4. The lowest BCUT2D eigenvalue weighted by atomic mass is 10.0. The van der Waals surface area contributed by atoms with Crippen LogP contribution in [0.3, 0.4) is 0 Å². The second-order valence-corrected chi connectivity index (χ2v) is 10.1. The van der Waals surface area contributed by atoms with Crippen LogP contribution >= 0.6 is 11.3 Å². The average Bonchev–Trinajstić information content (AvgIpc) is 3.67. The molecule has 4 aromatic rings. The molecule has 0 spiro atoms. The summed E-state index contributed by atoms with van der Waals surface area (Å²) < 4.78 is 10.5. The van der Waals surface area contributed by atoms with Gasteiger partial charge >= 0.3 is 11.9 Å². The summed E-state index contributed by atoms with van der Waals surface area (Å²) >= 11 is 1.26. The van der Waals surface area contributed by atoms with E-state index in [0.29, 0.717) is 10.6 Å². The van der Waals surface area contributed by atoms with Gasteiger partial charge in [-0.3, -0.25) is 24.5 Å². The van der Waals surface area contributed by atoms with Crippen molar-refractivity contribution in [3.8, 4) is 16.9 Å². The first-order valence-corrected chi connectivity index (χ1v) is 13.4. The lowest BCUT2D eigenvalue weighted by Crippen LogP contribution is -2.27. The monoisotopic (exact) mass is 570 g/mol. The maximum atomic E-state index is 12.6. The van der Waals surface area contributed by atoms with E-state index in [0.717, 1.165) is 11.1 Å². The van der Waals surface area contributed by atoms with Crippen LogP contribution in [0.5, 0.6) is 5.75 Å². The second kappa shape index (κ2) is 11.9. The number of nitro benzene ring substituents is 1. The number of rotatable bonds is 9. The molecule has 10 nitrogen and oxygen atoms in total. The Morgan fingerprint density at radius 1 is 0.927 bits per heavy atom. The fraction of sp³-hybridized carbons (Fsp3) is 0.133. The molecule has 0 radical (unpaired) electrons. The minimum absolute atomic E-state index is 0.00157. The van der Waals surface area contributed by atoms with E-state index < -0.39 is 35.2 Å². The molecule has 1 aliphatic rings. The number of hydrogen-bond acceptors (Lipinski definition) is 9. The first-order chi connectivity index (χ1) is 19.8. The van der Waals surface area contributed by atoms with Gasteiger partial charge in [-0.25, -0.2) is 4.79 Å². The Balaban J connectivity index is 1.13. The predicted molar refractivity (Wildman–Crippen MR) is 150 cm³/mol. The van der Waals surface area contributed by atoms with E-state index in [-0.39, 0.29) is 35.9 Å². The van der Waals surface area contributed by atoms with E-state index in [1.807, 2.05) is 0 Å². The molecule has 3 aromatic carbocycles. The van der Waals surface area contributed by atoms with Gasteiger partial charge in [0.25, 0.3) is 5.69 Å². The number of nitrogens with zero attached hydrogens (tertiary/aromatic N) is 2. The standard InChI is InChI=1S/C30H22N2O8S/c33-26(21-7-13-25(14-8-21)40-30(36)27-2-1-15-41-27)18-39-29(35)22-16-28(34)31(17-22)23-9-3-19(4-10-23)20-5-11-24(12-6-20)32(37)38/h1-15,22H,16-18H2/t22-/m1/s1. The molecule has 206 valence electrons. The number of nitro groups is 1. The normalized spacial score (nSPS) is 14.5. The van der Waals surface area contributed by atoms with Gasteiger partial charge in [-0.15, -0.1) is 11.3 Å². The van der Waals surface area contributed by atoms with Crippen LogP contribution in [0.25, 0.3) is 11.1 Å². The highest BCUT2D eigenvalue weighted by Crippen LogP contribution is 2.29. The Labute approximate surface area is 237 Å². The highest BCUT2D eigenvalue weighted by atomic mass is 32.1. The van der Waals surface area contributed by atoms with E-state index in [9.17, 15) is 29.3 Å². The van der Waals surface area contributed by atoms with Crippen molar-refractivity contribution in [3.63, 3.8) is 0 Å². The molecular formula is C30H22N2O8S. The Hall–Kier alpha value is -5.16. The topological polar surface area (TPSA) is 133 Å². The third-order valence-corrected chi connectivity index (χ3v) is 7.35. The smallest absolute Gasteiger partial charge is 0.353 e. The summed E-state index contributed by atoms with van der Waals surface area (Å²) in [6, 6.07) is 22.5. The zero-order chi connectivity index (χ0) is 28.9. The molecule has 0 bridgehead atoms. The molecule has 5 rings (SSSR count). The Morgan fingerprint density at radius 3 is 2.20 bits per heavy atom. The molecule has 41 heavy (non-hydrogen) atoms. The van der Waals surface area contributed by atoms with Crippen molar-refractivity contribution in [3.05, 3.63) is 111 Å². The lowest BCUT2D eigenvalue weighted by molar-refractivity contribution is -0.384. The van der Waals surface area contributed by atoms with Gasteiger partial charge < -0.3 is 14.4 Å². The number of anilines is 1. The molecule has 1 saturated heterocycles. The minimum Gasteiger partial charge on any atom is -0.457 e. The molecule has 1 atom stereocenters. The van der Waals surface area contributed by atoms with Gasteiger partial charge in [-0.1, -0.05) is 18.2 Å². The van der Waals surface area contributed by atoms with Crippen molar-refractivity contribution in [1.29, 1.82) is 0 Å². The maximum absolute atomic E-state index is 12.6. The maximum Gasteiger partial charge on any atom is 0.353 e. The van der Waals surface area contributed by atoms with Crippen LogP contribution in [-0.2, 0) is 14.3 Å². The summed E-state index contributed by atoms with van der Waals surface area (Å²) in [5.41, 5.74) is 2.49. The molecule has 0 saturated carbocycles. The fourth-order valence-corrected chi connectivity index (χ4v) is 4.92. The predicted octanol–water partition coefficient (Wildman–Crippen LogP) is 5.32. The third kappa shape index (κ3) is 6.36. The third-order valence-electron chi connectivity index (χ3n) is 6.50. The Bertz CT molecular complexity index is 1600. The summed E-state index contributed by atoms with van der Waals surface area (Å²) in [5, 5.41) is 12.6. The van der Waals surface area contributed by atoms with Gasteiger partial charge in [-0.2, -0.15) is 0 Å². The number of amides is 1. The largest absolute Gasteiger partial charge is 0.457 e. The number of carbonyl (C=O) groups is 4. The van der Waals surface area contributed by atoms with Crippen molar-refractivity contribution in [2.75, 3.05) is 18.1 Å². The molecule has 0 aliphatic carbocycles. The molecule has 11 heteroatoms. The summed E-state index contributed by atoms with van der Waals surface area (Å²) in [6.07, 6.45) is -0.0402. The number of thiophene rings is 1. The molecule has 1 fully saturated rings. The lowest BCUT2D eigenvalue weighted by Gasteiger charge is -2.17.